The van der Waals surface area contributed by atoms with Crippen molar-refractivity contribution in [2.75, 3.05) is 14.2 Å². The van der Waals surface area contributed by atoms with E-state index in [0.717, 1.165) is 24.0 Å². The van der Waals surface area contributed by atoms with Gasteiger partial charge in [-0.25, -0.2) is 0 Å². The minimum atomic E-state index is -4.97. The molecular weight excluding hydrogens is 395 g/mol. The van der Waals surface area contributed by atoms with Crippen LogP contribution in [0.25, 0.3) is 5.57 Å². The van der Waals surface area contributed by atoms with E-state index in [-0.39, 0.29) is 5.92 Å². The van der Waals surface area contributed by atoms with Crippen molar-refractivity contribution >= 4 is 11.5 Å². The van der Waals surface area contributed by atoms with Crippen LogP contribution in [-0.2, 0) is 4.79 Å². The molecule has 0 radical (unpaired) electrons. The number of hydrogen-bond donors (Lipinski definition) is 1. The summed E-state index contributed by atoms with van der Waals surface area (Å²) in [6.45, 7) is 0. The molecule has 0 bridgehead atoms. The van der Waals surface area contributed by atoms with Crippen LogP contribution in [0.15, 0.2) is 54.6 Å². The molecule has 0 unspecified atom stereocenters. The lowest BCUT2D eigenvalue weighted by atomic mass is 9.77. The molecule has 0 aliphatic heterocycles. The molecule has 0 heterocycles. The standard InChI is InChI=1S/C23H24F3NO3/c1-29-19-13-12-16(14-20(19)30-2)21(27-22(28)23(24,25)26)18-11-7-6-10-17(18)15-8-4-3-5-9-15/h3-5,8-10,12-14,18,21H,6-7,11H2,1-2H3,(H,27,28)/t18-,21-/m1/s1. The summed E-state index contributed by atoms with van der Waals surface area (Å²) in [6.07, 6.45) is -0.603. The van der Waals surface area contributed by atoms with Crippen molar-refractivity contribution in [2.45, 2.75) is 31.5 Å². The maximum atomic E-state index is 13.1. The van der Waals surface area contributed by atoms with E-state index in [1.165, 1.54) is 14.2 Å². The van der Waals surface area contributed by atoms with Crippen LogP contribution in [0.1, 0.15) is 36.4 Å². The molecule has 1 N–H and O–H groups in total. The first kappa shape index (κ1) is 21.7. The van der Waals surface area contributed by atoms with Gasteiger partial charge in [-0.3, -0.25) is 4.79 Å². The van der Waals surface area contributed by atoms with Crippen LogP contribution < -0.4 is 14.8 Å². The smallest absolute Gasteiger partial charge is 0.471 e. The highest BCUT2D eigenvalue weighted by Crippen LogP contribution is 2.42. The van der Waals surface area contributed by atoms with Gasteiger partial charge in [0.05, 0.1) is 20.3 Å². The molecule has 30 heavy (non-hydrogen) atoms. The number of allylic oxidation sites excluding steroid dienone is 1. The molecule has 2 aromatic rings. The van der Waals surface area contributed by atoms with Gasteiger partial charge in [-0.15, -0.1) is 0 Å². The summed E-state index contributed by atoms with van der Waals surface area (Å²) in [5.41, 5.74) is 2.40. The van der Waals surface area contributed by atoms with E-state index in [1.54, 1.807) is 18.2 Å². The second-order valence-electron chi connectivity index (χ2n) is 7.13. The number of benzene rings is 2. The van der Waals surface area contributed by atoms with Crippen LogP contribution in [-0.4, -0.2) is 26.3 Å². The predicted octanol–water partition coefficient (Wildman–Crippen LogP) is 5.31. The van der Waals surface area contributed by atoms with Crippen molar-refractivity contribution in [3.8, 4) is 11.5 Å². The van der Waals surface area contributed by atoms with Crippen molar-refractivity contribution < 1.29 is 27.4 Å². The van der Waals surface area contributed by atoms with E-state index in [9.17, 15) is 18.0 Å². The Labute approximate surface area is 173 Å². The minimum Gasteiger partial charge on any atom is -0.493 e. The van der Waals surface area contributed by atoms with E-state index in [0.29, 0.717) is 23.5 Å². The number of alkyl halides is 3. The number of amides is 1. The van der Waals surface area contributed by atoms with Gasteiger partial charge in [0.2, 0.25) is 0 Å². The van der Waals surface area contributed by atoms with Gasteiger partial charge < -0.3 is 14.8 Å². The molecule has 1 aliphatic carbocycles. The number of ether oxygens (including phenoxy) is 2. The summed E-state index contributed by atoms with van der Waals surface area (Å²) < 4.78 is 49.9. The Bertz CT molecular complexity index is 910. The van der Waals surface area contributed by atoms with Crippen LogP contribution in [0.2, 0.25) is 0 Å². The lowest BCUT2D eigenvalue weighted by molar-refractivity contribution is -0.174. The summed E-state index contributed by atoms with van der Waals surface area (Å²) in [5, 5.41) is 2.23. The summed E-state index contributed by atoms with van der Waals surface area (Å²) in [6, 6.07) is 13.6. The van der Waals surface area contributed by atoms with Gasteiger partial charge in [-0.05, 0) is 48.1 Å². The number of carbonyl (C=O) groups excluding carboxylic acids is 1. The van der Waals surface area contributed by atoms with Gasteiger partial charge in [0, 0.05) is 5.92 Å². The average Bonchev–Trinajstić information content (AvgIpc) is 2.76. The summed E-state index contributed by atoms with van der Waals surface area (Å²) in [5.74, 6) is -1.42. The highest BCUT2D eigenvalue weighted by molar-refractivity contribution is 5.82. The van der Waals surface area contributed by atoms with Crippen molar-refractivity contribution in [1.82, 2.24) is 5.32 Å². The maximum absolute atomic E-state index is 13.1. The molecule has 1 amide bonds. The maximum Gasteiger partial charge on any atom is 0.471 e. The number of methoxy groups -OCH3 is 2. The zero-order valence-electron chi connectivity index (χ0n) is 16.8. The Kier molecular flexibility index (Phi) is 6.70. The molecule has 2 atom stereocenters. The third kappa shape index (κ3) is 4.78. The quantitative estimate of drug-likeness (QED) is 0.691. The van der Waals surface area contributed by atoms with Gasteiger partial charge >= 0.3 is 12.1 Å². The molecule has 2 aromatic carbocycles. The number of hydrogen-bond acceptors (Lipinski definition) is 3. The lowest BCUT2D eigenvalue weighted by Crippen LogP contribution is -2.42. The Morgan fingerprint density at radius 3 is 2.40 bits per heavy atom. The molecule has 4 nitrogen and oxygen atoms in total. The van der Waals surface area contributed by atoms with Crippen molar-refractivity contribution in [3.63, 3.8) is 0 Å². The molecule has 0 fully saturated rings. The molecular formula is C23H24F3NO3. The molecule has 3 rings (SSSR count). The monoisotopic (exact) mass is 419 g/mol. The molecule has 160 valence electrons. The molecule has 0 saturated carbocycles. The highest BCUT2D eigenvalue weighted by Gasteiger charge is 2.42. The normalized spacial score (nSPS) is 17.6. The molecule has 0 aromatic heterocycles. The Balaban J connectivity index is 2.06. The number of rotatable bonds is 6. The summed E-state index contributed by atoms with van der Waals surface area (Å²) >= 11 is 0. The number of halogens is 3. The fourth-order valence-corrected chi connectivity index (χ4v) is 3.90. The van der Waals surface area contributed by atoms with Crippen LogP contribution in [0.5, 0.6) is 11.5 Å². The highest BCUT2D eigenvalue weighted by atomic mass is 19.4. The number of nitrogens with one attached hydrogen (secondary N) is 1. The van der Waals surface area contributed by atoms with Gasteiger partial charge in [-0.1, -0.05) is 42.5 Å². The second-order valence-corrected chi connectivity index (χ2v) is 7.13. The predicted molar refractivity (Wildman–Crippen MR) is 108 cm³/mol. The average molecular weight is 419 g/mol. The zero-order chi connectivity index (χ0) is 21.7. The Morgan fingerprint density at radius 2 is 1.77 bits per heavy atom. The molecule has 1 aliphatic rings. The van der Waals surface area contributed by atoms with Crippen molar-refractivity contribution in [1.29, 1.82) is 0 Å². The first-order valence-electron chi connectivity index (χ1n) is 9.70. The van der Waals surface area contributed by atoms with Gasteiger partial charge in [-0.2, -0.15) is 13.2 Å². The molecule has 0 saturated heterocycles. The van der Waals surface area contributed by atoms with Crippen LogP contribution in [0, 0.1) is 5.92 Å². The van der Waals surface area contributed by atoms with Crippen LogP contribution in [0.4, 0.5) is 13.2 Å². The first-order chi connectivity index (χ1) is 14.3. The summed E-state index contributed by atoms with van der Waals surface area (Å²) in [7, 11) is 2.94. The van der Waals surface area contributed by atoms with Gasteiger partial charge in [0.1, 0.15) is 0 Å². The number of carbonyl (C=O) groups is 1. The third-order valence-electron chi connectivity index (χ3n) is 5.30. The summed E-state index contributed by atoms with van der Waals surface area (Å²) in [4.78, 5) is 11.9. The van der Waals surface area contributed by atoms with Crippen molar-refractivity contribution in [2.24, 2.45) is 5.92 Å². The fourth-order valence-electron chi connectivity index (χ4n) is 3.90. The van der Waals surface area contributed by atoms with Gasteiger partial charge in [0.15, 0.2) is 11.5 Å². The topological polar surface area (TPSA) is 47.6 Å². The van der Waals surface area contributed by atoms with Crippen LogP contribution >= 0.6 is 0 Å². The van der Waals surface area contributed by atoms with Crippen molar-refractivity contribution in [3.05, 3.63) is 65.7 Å². The second kappa shape index (κ2) is 9.24. The van der Waals surface area contributed by atoms with Crippen LogP contribution in [0.3, 0.4) is 0 Å². The first-order valence-corrected chi connectivity index (χ1v) is 9.70. The lowest BCUT2D eigenvalue weighted by Gasteiger charge is -2.33. The largest absolute Gasteiger partial charge is 0.493 e. The van der Waals surface area contributed by atoms with E-state index in [2.05, 4.69) is 11.4 Å². The molecule has 7 heteroatoms. The SMILES string of the molecule is COc1ccc([C@@H](NC(=O)C(F)(F)F)[C@@H]2CCCC=C2c2ccccc2)cc1OC. The van der Waals surface area contributed by atoms with Gasteiger partial charge in [0.25, 0.3) is 0 Å². The molecule has 0 spiro atoms. The zero-order valence-corrected chi connectivity index (χ0v) is 16.8. The van der Waals surface area contributed by atoms with E-state index < -0.39 is 18.1 Å². The Hall–Kier alpha value is -2.96. The fraction of sp³-hybridized carbons (Fsp3) is 0.348. The minimum absolute atomic E-state index is 0.314. The Morgan fingerprint density at radius 1 is 1.07 bits per heavy atom. The van der Waals surface area contributed by atoms with E-state index in [4.69, 9.17) is 9.47 Å². The van der Waals surface area contributed by atoms with E-state index >= 15 is 0 Å². The third-order valence-corrected chi connectivity index (χ3v) is 5.30. The van der Waals surface area contributed by atoms with E-state index in [1.807, 2.05) is 30.3 Å².